The van der Waals surface area contributed by atoms with Crippen molar-refractivity contribution in [1.29, 1.82) is 0 Å². The number of aliphatic hydroxyl groups excluding tert-OH is 1. The lowest BCUT2D eigenvalue weighted by Gasteiger charge is -2.12. The Morgan fingerprint density at radius 3 is 2.00 bits per heavy atom. The minimum absolute atomic E-state index is 0.174. The average molecular weight is 115 g/mol. The summed E-state index contributed by atoms with van der Waals surface area (Å²) in [5.41, 5.74) is 5.54. The molecule has 0 spiro atoms. The van der Waals surface area contributed by atoms with E-state index >= 15 is 0 Å². The Balaban J connectivity index is 3.64. The Morgan fingerprint density at radius 2 is 2.00 bits per heavy atom. The van der Waals surface area contributed by atoms with Gasteiger partial charge < -0.3 is 10.8 Å². The molecule has 8 heavy (non-hydrogen) atoms. The molecule has 48 valence electrons. The first kappa shape index (κ1) is 7.50. The molecule has 0 aromatic heterocycles. The number of nitrogens with two attached hydrogens (primary N) is 1. The molecule has 0 aromatic carbocycles. The standard InChI is InChI=1S/C6H13NO/c1-4(2)6(8)5(3)7/h4,6,8H,3,7H2,1-2H3. The molecule has 2 heteroatoms. The molecular weight excluding hydrogens is 102 g/mol. The molecule has 0 aliphatic heterocycles. The fraction of sp³-hybridized carbons (Fsp3) is 0.667. The fourth-order valence-electron chi connectivity index (χ4n) is 0.428. The minimum atomic E-state index is -0.546. The van der Waals surface area contributed by atoms with Crippen LogP contribution in [0.1, 0.15) is 13.8 Å². The summed E-state index contributed by atoms with van der Waals surface area (Å²) in [5, 5.41) is 8.98. The summed E-state index contributed by atoms with van der Waals surface area (Å²) >= 11 is 0. The largest absolute Gasteiger partial charge is 0.400 e. The maximum absolute atomic E-state index is 8.98. The molecule has 2 nitrogen and oxygen atoms in total. The molecule has 0 radical (unpaired) electrons. The summed E-state index contributed by atoms with van der Waals surface area (Å²) in [6.45, 7) is 7.19. The zero-order chi connectivity index (χ0) is 6.73. The van der Waals surface area contributed by atoms with Gasteiger partial charge in [-0.1, -0.05) is 20.4 Å². The van der Waals surface area contributed by atoms with E-state index in [1.165, 1.54) is 0 Å². The predicted octanol–water partition coefficient (Wildman–Crippen LogP) is 0.476. The normalized spacial score (nSPS) is 14.0. The lowest BCUT2D eigenvalue weighted by atomic mass is 10.1. The second-order valence-corrected chi connectivity index (χ2v) is 2.26. The first-order valence-corrected chi connectivity index (χ1v) is 2.68. The molecule has 0 aliphatic carbocycles. The smallest absolute Gasteiger partial charge is 0.0949 e. The lowest BCUT2D eigenvalue weighted by molar-refractivity contribution is 0.159. The minimum Gasteiger partial charge on any atom is -0.400 e. The molecule has 0 aromatic rings. The fourth-order valence-corrected chi connectivity index (χ4v) is 0.428. The highest BCUT2D eigenvalue weighted by atomic mass is 16.3. The SMILES string of the molecule is C=C(N)C(O)C(C)C. The van der Waals surface area contributed by atoms with Crippen LogP contribution >= 0.6 is 0 Å². The van der Waals surface area contributed by atoms with Crippen LogP contribution in [0.2, 0.25) is 0 Å². The van der Waals surface area contributed by atoms with E-state index in [0.717, 1.165) is 0 Å². The molecule has 0 bridgehead atoms. The molecular formula is C6H13NO. The molecule has 0 aliphatic rings. The molecule has 0 rings (SSSR count). The van der Waals surface area contributed by atoms with Crippen LogP contribution in [0.25, 0.3) is 0 Å². The van der Waals surface area contributed by atoms with Crippen LogP contribution in [0.5, 0.6) is 0 Å². The maximum Gasteiger partial charge on any atom is 0.0949 e. The Morgan fingerprint density at radius 1 is 1.62 bits per heavy atom. The third-order valence-electron chi connectivity index (χ3n) is 1.01. The highest BCUT2D eigenvalue weighted by Gasteiger charge is 2.08. The Kier molecular flexibility index (Phi) is 2.55. The van der Waals surface area contributed by atoms with Crippen molar-refractivity contribution < 1.29 is 5.11 Å². The summed E-state index contributed by atoms with van der Waals surface area (Å²) in [6.07, 6.45) is -0.546. The van der Waals surface area contributed by atoms with Gasteiger partial charge in [0.15, 0.2) is 0 Å². The van der Waals surface area contributed by atoms with E-state index in [4.69, 9.17) is 10.8 Å². The van der Waals surface area contributed by atoms with E-state index in [0.29, 0.717) is 5.70 Å². The van der Waals surface area contributed by atoms with Crippen molar-refractivity contribution in [3.05, 3.63) is 12.3 Å². The molecule has 1 atom stereocenters. The third kappa shape index (κ3) is 1.98. The highest BCUT2D eigenvalue weighted by molar-refractivity contribution is 4.95. The van der Waals surface area contributed by atoms with Crippen molar-refractivity contribution in [2.24, 2.45) is 11.7 Å². The van der Waals surface area contributed by atoms with Gasteiger partial charge in [-0.25, -0.2) is 0 Å². The molecule has 0 saturated heterocycles. The van der Waals surface area contributed by atoms with Gasteiger partial charge in [0, 0.05) is 5.70 Å². The van der Waals surface area contributed by atoms with Crippen LogP contribution in [0.3, 0.4) is 0 Å². The van der Waals surface area contributed by atoms with Crippen molar-refractivity contribution >= 4 is 0 Å². The summed E-state index contributed by atoms with van der Waals surface area (Å²) in [7, 11) is 0. The first-order chi connectivity index (χ1) is 3.55. The second kappa shape index (κ2) is 2.72. The van der Waals surface area contributed by atoms with Crippen LogP contribution in [0, 0.1) is 5.92 Å². The first-order valence-electron chi connectivity index (χ1n) is 2.68. The number of rotatable bonds is 2. The van der Waals surface area contributed by atoms with Crippen molar-refractivity contribution in [2.75, 3.05) is 0 Å². The van der Waals surface area contributed by atoms with Gasteiger partial charge >= 0.3 is 0 Å². The molecule has 0 saturated carbocycles. The molecule has 0 fully saturated rings. The number of hydrogen-bond acceptors (Lipinski definition) is 2. The molecule has 1 unspecified atom stereocenters. The zero-order valence-electron chi connectivity index (χ0n) is 5.39. The van der Waals surface area contributed by atoms with Gasteiger partial charge in [0.25, 0.3) is 0 Å². The van der Waals surface area contributed by atoms with Crippen LogP contribution < -0.4 is 5.73 Å². The quantitative estimate of drug-likeness (QED) is 0.549. The Labute approximate surface area is 50.0 Å². The van der Waals surface area contributed by atoms with E-state index in [1.807, 2.05) is 13.8 Å². The summed E-state index contributed by atoms with van der Waals surface area (Å²) in [6, 6.07) is 0. The second-order valence-electron chi connectivity index (χ2n) is 2.26. The van der Waals surface area contributed by atoms with Gasteiger partial charge in [-0.3, -0.25) is 0 Å². The monoisotopic (exact) mass is 115 g/mol. The molecule has 0 amide bonds. The maximum atomic E-state index is 8.98. The van der Waals surface area contributed by atoms with Gasteiger partial charge in [0.05, 0.1) is 6.10 Å². The van der Waals surface area contributed by atoms with Crippen LogP contribution in [-0.2, 0) is 0 Å². The van der Waals surface area contributed by atoms with Crippen LogP contribution in [0.4, 0.5) is 0 Å². The van der Waals surface area contributed by atoms with Gasteiger partial charge in [-0.05, 0) is 5.92 Å². The summed E-state index contributed by atoms with van der Waals surface area (Å²) < 4.78 is 0. The average Bonchev–Trinajstić information content (AvgIpc) is 1.64. The summed E-state index contributed by atoms with van der Waals surface area (Å²) in [5.74, 6) is 0.174. The van der Waals surface area contributed by atoms with Gasteiger partial charge in [0.2, 0.25) is 0 Å². The predicted molar refractivity (Wildman–Crippen MR) is 34.2 cm³/mol. The lowest BCUT2D eigenvalue weighted by Crippen LogP contribution is -2.21. The van der Waals surface area contributed by atoms with Crippen LogP contribution in [-0.4, -0.2) is 11.2 Å². The van der Waals surface area contributed by atoms with Crippen molar-refractivity contribution in [3.63, 3.8) is 0 Å². The highest BCUT2D eigenvalue weighted by Crippen LogP contribution is 2.04. The van der Waals surface area contributed by atoms with E-state index in [1.54, 1.807) is 0 Å². The van der Waals surface area contributed by atoms with Crippen molar-refractivity contribution in [3.8, 4) is 0 Å². The Hall–Kier alpha value is -0.500. The number of hydrogen-bond donors (Lipinski definition) is 2. The summed E-state index contributed by atoms with van der Waals surface area (Å²) in [4.78, 5) is 0. The van der Waals surface area contributed by atoms with E-state index in [2.05, 4.69) is 6.58 Å². The van der Waals surface area contributed by atoms with Gasteiger partial charge in [-0.2, -0.15) is 0 Å². The zero-order valence-corrected chi connectivity index (χ0v) is 5.39. The van der Waals surface area contributed by atoms with E-state index in [9.17, 15) is 0 Å². The Bertz CT molecular complexity index is 88.5. The van der Waals surface area contributed by atoms with Crippen LogP contribution in [0.15, 0.2) is 12.3 Å². The molecule has 3 N–H and O–H groups in total. The van der Waals surface area contributed by atoms with E-state index < -0.39 is 6.10 Å². The van der Waals surface area contributed by atoms with Gasteiger partial charge in [0.1, 0.15) is 0 Å². The van der Waals surface area contributed by atoms with Gasteiger partial charge in [-0.15, -0.1) is 0 Å². The van der Waals surface area contributed by atoms with Crippen molar-refractivity contribution in [2.45, 2.75) is 20.0 Å². The third-order valence-corrected chi connectivity index (χ3v) is 1.01. The number of aliphatic hydroxyl groups is 1. The topological polar surface area (TPSA) is 46.2 Å². The molecule has 0 heterocycles. The van der Waals surface area contributed by atoms with E-state index in [-0.39, 0.29) is 5.92 Å². The van der Waals surface area contributed by atoms with Crippen molar-refractivity contribution in [1.82, 2.24) is 0 Å².